The van der Waals surface area contributed by atoms with E-state index < -0.39 is 13.9 Å². The van der Waals surface area contributed by atoms with Gasteiger partial charge in [0.25, 0.3) is 14.2 Å². The van der Waals surface area contributed by atoms with Crippen molar-refractivity contribution in [1.82, 2.24) is 5.32 Å². The van der Waals surface area contributed by atoms with Crippen molar-refractivity contribution in [3.05, 3.63) is 60.7 Å². The first-order valence-corrected chi connectivity index (χ1v) is 12.5. The molecule has 1 unspecified atom stereocenters. The third-order valence-corrected chi connectivity index (χ3v) is 11.3. The normalized spacial score (nSPS) is 24.2. The van der Waals surface area contributed by atoms with Crippen LogP contribution in [-0.2, 0) is 18.8 Å². The molecule has 2 heterocycles. The molecule has 30 heavy (non-hydrogen) atoms. The van der Waals surface area contributed by atoms with E-state index in [-0.39, 0.29) is 23.0 Å². The van der Waals surface area contributed by atoms with Crippen LogP contribution in [0.25, 0.3) is 0 Å². The largest absolute Gasteiger partial charge is 0.449 e. The zero-order chi connectivity index (χ0) is 21.4. The summed E-state index contributed by atoms with van der Waals surface area (Å²) >= 11 is 0. The minimum atomic E-state index is -2.66. The topological polar surface area (TPSA) is 64.6 Å². The average molecular weight is 424 g/mol. The molecule has 2 aliphatic heterocycles. The summed E-state index contributed by atoms with van der Waals surface area (Å²) < 4.78 is 12.3. The summed E-state index contributed by atoms with van der Waals surface area (Å²) in [4.78, 5) is 24.2. The maximum atomic E-state index is 12.6. The molecule has 2 fully saturated rings. The fourth-order valence-corrected chi connectivity index (χ4v) is 9.48. The van der Waals surface area contributed by atoms with Gasteiger partial charge in [-0.1, -0.05) is 81.4 Å². The molecular formula is C24H29NO4Si. The molecule has 5 nitrogen and oxygen atoms in total. The maximum Gasteiger partial charge on any atom is 0.307 e. The number of ether oxygens (including phenoxy) is 1. The molecule has 0 radical (unpaired) electrons. The summed E-state index contributed by atoms with van der Waals surface area (Å²) in [5.74, 6) is -0.483. The Hall–Kier alpha value is -2.44. The Labute approximate surface area is 178 Å². The number of esters is 1. The Morgan fingerprint density at radius 1 is 1.03 bits per heavy atom. The Morgan fingerprint density at radius 3 is 2.07 bits per heavy atom. The minimum absolute atomic E-state index is 0.129. The molecule has 2 aromatic rings. The van der Waals surface area contributed by atoms with Crippen LogP contribution in [0.2, 0.25) is 5.04 Å². The lowest BCUT2D eigenvalue weighted by molar-refractivity contribution is -0.155. The van der Waals surface area contributed by atoms with Crippen LogP contribution in [0.3, 0.4) is 0 Å². The van der Waals surface area contributed by atoms with Gasteiger partial charge in [-0.05, 0) is 15.4 Å². The van der Waals surface area contributed by atoms with Crippen molar-refractivity contribution < 1.29 is 18.8 Å². The van der Waals surface area contributed by atoms with Gasteiger partial charge in [0.05, 0.1) is 12.6 Å². The van der Waals surface area contributed by atoms with E-state index in [0.717, 1.165) is 0 Å². The summed E-state index contributed by atoms with van der Waals surface area (Å²) in [6.45, 7) is 7.07. The highest BCUT2D eigenvalue weighted by atomic mass is 28.4. The van der Waals surface area contributed by atoms with Crippen molar-refractivity contribution >= 4 is 30.6 Å². The Kier molecular flexibility index (Phi) is 5.32. The van der Waals surface area contributed by atoms with Crippen LogP contribution in [0.15, 0.2) is 60.7 Å². The first-order chi connectivity index (χ1) is 14.3. The first-order valence-electron chi connectivity index (χ1n) is 10.5. The van der Waals surface area contributed by atoms with Crippen LogP contribution in [0.4, 0.5) is 0 Å². The molecule has 2 atom stereocenters. The molecule has 1 spiro atoms. The van der Waals surface area contributed by atoms with Gasteiger partial charge < -0.3 is 14.5 Å². The quantitative estimate of drug-likeness (QED) is 0.593. The number of rotatable bonds is 5. The van der Waals surface area contributed by atoms with Crippen LogP contribution in [0.1, 0.15) is 40.0 Å². The molecule has 0 aliphatic carbocycles. The number of hydrogen-bond donors (Lipinski definition) is 1. The highest BCUT2D eigenvalue weighted by Gasteiger charge is 2.55. The summed E-state index contributed by atoms with van der Waals surface area (Å²) in [5.41, 5.74) is -1.00. The molecule has 2 saturated heterocycles. The van der Waals surface area contributed by atoms with Crippen molar-refractivity contribution in [1.29, 1.82) is 0 Å². The predicted molar refractivity (Wildman–Crippen MR) is 118 cm³/mol. The number of amides is 1. The van der Waals surface area contributed by atoms with Crippen molar-refractivity contribution in [2.45, 2.75) is 56.7 Å². The fraction of sp³-hybridized carbons (Fsp3) is 0.417. The van der Waals surface area contributed by atoms with Crippen molar-refractivity contribution in [2.75, 3.05) is 6.61 Å². The zero-order valence-corrected chi connectivity index (χ0v) is 18.8. The number of carbonyl (C=O) groups excluding carboxylic acids is 2. The van der Waals surface area contributed by atoms with Gasteiger partial charge in [-0.3, -0.25) is 9.59 Å². The number of hydrogen-bond acceptors (Lipinski definition) is 4. The van der Waals surface area contributed by atoms with Crippen LogP contribution in [0, 0.1) is 0 Å². The maximum absolute atomic E-state index is 12.6. The van der Waals surface area contributed by atoms with Crippen LogP contribution < -0.4 is 15.7 Å². The molecule has 1 amide bonds. The van der Waals surface area contributed by atoms with E-state index in [2.05, 4.69) is 74.6 Å². The van der Waals surface area contributed by atoms with Gasteiger partial charge in [0.1, 0.15) is 0 Å². The van der Waals surface area contributed by atoms with E-state index in [1.165, 1.54) is 10.4 Å². The van der Waals surface area contributed by atoms with Gasteiger partial charge in [0.15, 0.2) is 5.60 Å². The lowest BCUT2D eigenvalue weighted by atomic mass is 9.96. The molecule has 158 valence electrons. The number of carbonyl (C=O) groups is 2. The molecule has 4 rings (SSSR count). The summed E-state index contributed by atoms with van der Waals surface area (Å²) in [6.07, 6.45) is 1.22. The summed E-state index contributed by atoms with van der Waals surface area (Å²) in [5, 5.41) is 5.29. The molecule has 6 heteroatoms. The van der Waals surface area contributed by atoms with E-state index >= 15 is 0 Å². The summed E-state index contributed by atoms with van der Waals surface area (Å²) in [6, 6.07) is 20.7. The Balaban J connectivity index is 1.66. The predicted octanol–water partition coefficient (Wildman–Crippen LogP) is 2.53. The smallest absolute Gasteiger partial charge is 0.307 e. The minimum Gasteiger partial charge on any atom is -0.449 e. The molecule has 0 bridgehead atoms. The molecule has 0 saturated carbocycles. The van der Waals surface area contributed by atoms with E-state index in [1.807, 2.05) is 12.1 Å². The highest BCUT2D eigenvalue weighted by molar-refractivity contribution is 6.99. The summed E-state index contributed by atoms with van der Waals surface area (Å²) in [7, 11) is -2.66. The number of benzene rings is 2. The van der Waals surface area contributed by atoms with Gasteiger partial charge in [-0.25, -0.2) is 0 Å². The van der Waals surface area contributed by atoms with Crippen LogP contribution in [-0.4, -0.2) is 38.4 Å². The van der Waals surface area contributed by atoms with E-state index in [0.29, 0.717) is 25.9 Å². The van der Waals surface area contributed by atoms with Crippen LogP contribution in [0.5, 0.6) is 0 Å². The van der Waals surface area contributed by atoms with Crippen molar-refractivity contribution in [3.63, 3.8) is 0 Å². The van der Waals surface area contributed by atoms with Crippen LogP contribution >= 0.6 is 0 Å². The molecule has 2 aliphatic rings. The molecular weight excluding hydrogens is 394 g/mol. The molecule has 1 N–H and O–H groups in total. The van der Waals surface area contributed by atoms with Gasteiger partial charge in [0.2, 0.25) is 0 Å². The third-order valence-electron chi connectivity index (χ3n) is 6.29. The van der Waals surface area contributed by atoms with Gasteiger partial charge >= 0.3 is 5.97 Å². The monoisotopic (exact) mass is 423 g/mol. The number of nitrogens with one attached hydrogen (secondary N) is 1. The van der Waals surface area contributed by atoms with Crippen molar-refractivity contribution in [3.8, 4) is 0 Å². The second kappa shape index (κ2) is 7.67. The standard InChI is InChI=1S/C24H29NO4Si/c1-23(2,3)30(19-10-6-4-7-11-19,20-12-8-5-9-13-20)28-17-18-16-24(22(27)25-18)15-14-21(26)29-24/h4-13,18H,14-17H2,1-3H3,(H,25,27)/t18?,24-/m0/s1. The lowest BCUT2D eigenvalue weighted by Gasteiger charge is -2.43. The molecule has 2 aromatic carbocycles. The van der Waals surface area contributed by atoms with E-state index in [9.17, 15) is 9.59 Å². The fourth-order valence-electron chi connectivity index (χ4n) is 4.87. The van der Waals surface area contributed by atoms with E-state index in [1.54, 1.807) is 0 Å². The SMILES string of the molecule is CC(C)(C)[Si](OCC1C[C@@]2(CCC(=O)O2)C(=O)N1)(c1ccccc1)c1ccccc1. The zero-order valence-electron chi connectivity index (χ0n) is 17.8. The van der Waals surface area contributed by atoms with Gasteiger partial charge in [0, 0.05) is 19.3 Å². The average Bonchev–Trinajstić information content (AvgIpc) is 3.24. The first kappa shape index (κ1) is 20.8. The van der Waals surface area contributed by atoms with Gasteiger partial charge in [-0.15, -0.1) is 0 Å². The highest BCUT2D eigenvalue weighted by Crippen LogP contribution is 2.39. The van der Waals surface area contributed by atoms with E-state index in [4.69, 9.17) is 9.16 Å². The Bertz CT molecular complexity index is 886. The second-order valence-electron chi connectivity index (χ2n) is 9.32. The van der Waals surface area contributed by atoms with Gasteiger partial charge in [-0.2, -0.15) is 0 Å². The van der Waals surface area contributed by atoms with Crippen molar-refractivity contribution in [2.24, 2.45) is 0 Å². The lowest BCUT2D eigenvalue weighted by Crippen LogP contribution is -2.67. The molecule has 0 aromatic heterocycles. The Morgan fingerprint density at radius 2 is 1.60 bits per heavy atom. The second-order valence-corrected chi connectivity index (χ2v) is 13.6. The third kappa shape index (κ3) is 3.48.